The lowest BCUT2D eigenvalue weighted by Gasteiger charge is -2.24. The van der Waals surface area contributed by atoms with Crippen molar-refractivity contribution in [1.82, 2.24) is 5.43 Å². The van der Waals surface area contributed by atoms with Gasteiger partial charge in [0.05, 0.1) is 17.2 Å². The molecule has 0 saturated carbocycles. The van der Waals surface area contributed by atoms with Crippen molar-refractivity contribution < 1.29 is 0 Å². The van der Waals surface area contributed by atoms with E-state index in [-0.39, 0.29) is 0 Å². The van der Waals surface area contributed by atoms with Crippen LogP contribution in [-0.4, -0.2) is 5.71 Å². The molecule has 0 heterocycles. The smallest absolute Gasteiger partial charge is 0.138 e. The van der Waals surface area contributed by atoms with Crippen LogP contribution in [0.15, 0.2) is 168 Å². The average Bonchev–Trinajstić information content (AvgIpc) is 2.98. The van der Waals surface area contributed by atoms with Crippen molar-refractivity contribution in [2.45, 2.75) is 6.92 Å². The Morgan fingerprint density at radius 1 is 0.514 bits per heavy atom. The summed E-state index contributed by atoms with van der Waals surface area (Å²) >= 11 is 0. The first-order chi connectivity index (χ1) is 18.3. The molecule has 5 rings (SSSR count). The first kappa shape index (κ1) is 24.4. The van der Waals surface area contributed by atoms with E-state index in [0.717, 1.165) is 22.5 Å². The number of nitrogens with one attached hydrogen (secondary N) is 1. The van der Waals surface area contributed by atoms with Gasteiger partial charge in [-0.3, -0.25) is 5.43 Å². The molecule has 0 unspecified atom stereocenters. The largest absolute Gasteiger partial charge is 0.279 e. The van der Waals surface area contributed by atoms with E-state index in [1.165, 1.54) is 15.9 Å². The van der Waals surface area contributed by atoms with Crippen molar-refractivity contribution in [3.63, 3.8) is 0 Å². The molecular weight excluding hydrogens is 467 g/mol. The van der Waals surface area contributed by atoms with E-state index in [0.29, 0.717) is 0 Å². The molecule has 180 valence electrons. The second kappa shape index (κ2) is 11.6. The molecule has 0 radical (unpaired) electrons. The van der Waals surface area contributed by atoms with E-state index < -0.39 is 7.26 Å². The molecule has 0 fully saturated rings. The highest BCUT2D eigenvalue weighted by Gasteiger charge is 2.43. The van der Waals surface area contributed by atoms with Gasteiger partial charge in [-0.25, -0.2) is 0 Å². The van der Waals surface area contributed by atoms with E-state index in [9.17, 15) is 0 Å². The monoisotopic (exact) mass is 497 g/mol. The third-order valence-corrected chi connectivity index (χ3v) is 10.4. The minimum absolute atomic E-state index is 0.914. The van der Waals surface area contributed by atoms with Crippen molar-refractivity contribution in [2.75, 3.05) is 0 Å². The topological polar surface area (TPSA) is 24.4 Å². The van der Waals surface area contributed by atoms with Crippen LogP contribution in [0.3, 0.4) is 0 Å². The maximum absolute atomic E-state index is 4.95. The number of allylic oxidation sites excluding steroid dienone is 1. The molecule has 37 heavy (non-hydrogen) atoms. The summed E-state index contributed by atoms with van der Waals surface area (Å²) in [5.74, 6) is 2.41. The summed E-state index contributed by atoms with van der Waals surface area (Å²) in [7, 11) is -2.11. The molecule has 0 aromatic heterocycles. The van der Waals surface area contributed by atoms with Crippen molar-refractivity contribution in [3.05, 3.63) is 174 Å². The van der Waals surface area contributed by atoms with E-state index >= 15 is 0 Å². The van der Waals surface area contributed by atoms with Crippen LogP contribution in [0.25, 0.3) is 0 Å². The molecule has 0 aliphatic carbocycles. The van der Waals surface area contributed by atoms with E-state index in [2.05, 4.69) is 133 Å². The molecule has 0 bridgehead atoms. The van der Waals surface area contributed by atoms with Gasteiger partial charge in [0.25, 0.3) is 0 Å². The molecule has 5 aromatic carbocycles. The quantitative estimate of drug-likeness (QED) is 0.141. The van der Waals surface area contributed by atoms with Gasteiger partial charge in [-0.2, -0.15) is 5.10 Å². The lowest BCUT2D eigenvalue weighted by atomic mass is 10.0. The van der Waals surface area contributed by atoms with Crippen molar-refractivity contribution in [3.8, 4) is 0 Å². The molecule has 1 N–H and O–H groups in total. The fraction of sp³-hybridized carbons (Fsp3) is 0.0294. The van der Waals surface area contributed by atoms with Crippen LogP contribution in [-0.2, 0) is 0 Å². The molecule has 2 nitrogen and oxygen atoms in total. The zero-order valence-electron chi connectivity index (χ0n) is 20.9. The summed E-state index contributed by atoms with van der Waals surface area (Å²) in [6.07, 6.45) is 0. The lowest BCUT2D eigenvalue weighted by Crippen LogP contribution is -2.30. The summed E-state index contributed by atoms with van der Waals surface area (Å²) in [5, 5.41) is 8.87. The summed E-state index contributed by atoms with van der Waals surface area (Å²) in [6.45, 7) is 2.11. The maximum atomic E-state index is 4.95. The fourth-order valence-corrected chi connectivity index (χ4v) is 8.52. The molecule has 5 aromatic rings. The number of hydrogen-bond acceptors (Lipinski definition) is 2. The summed E-state index contributed by atoms with van der Waals surface area (Å²) in [6, 6.07) is 53.2. The van der Waals surface area contributed by atoms with Gasteiger partial charge in [0, 0.05) is 11.1 Å². The zero-order valence-corrected chi connectivity index (χ0v) is 21.8. The highest BCUT2D eigenvalue weighted by atomic mass is 31.2. The van der Waals surface area contributed by atoms with Gasteiger partial charge in [-0.15, -0.1) is 0 Å². The van der Waals surface area contributed by atoms with Crippen LogP contribution in [0.1, 0.15) is 18.1 Å². The minimum atomic E-state index is -2.11. The van der Waals surface area contributed by atoms with Gasteiger partial charge in [-0.1, -0.05) is 115 Å². The molecule has 0 aliphatic rings. The van der Waals surface area contributed by atoms with Crippen LogP contribution >= 0.6 is 7.26 Å². The molecule has 3 heteroatoms. The Kier molecular flexibility index (Phi) is 7.69. The van der Waals surface area contributed by atoms with Gasteiger partial charge in [0.1, 0.15) is 23.2 Å². The highest BCUT2D eigenvalue weighted by Crippen LogP contribution is 2.57. The first-order valence-electron chi connectivity index (χ1n) is 12.5. The molecule has 0 aliphatic heterocycles. The number of hydrazone groups is 1. The number of rotatable bonds is 8. The van der Waals surface area contributed by atoms with Crippen molar-refractivity contribution in [1.29, 1.82) is 0 Å². The lowest BCUT2D eigenvalue weighted by molar-refractivity contribution is 0.891. The van der Waals surface area contributed by atoms with Gasteiger partial charge >= 0.3 is 0 Å². The third kappa shape index (κ3) is 5.45. The molecule has 0 amide bonds. The minimum Gasteiger partial charge on any atom is -0.279 e. The molecule has 0 atom stereocenters. The Labute approximate surface area is 220 Å². The van der Waals surface area contributed by atoms with Crippen molar-refractivity contribution >= 4 is 28.9 Å². The SMILES string of the molecule is CC(=C[P+](c1ccccc1)(c1ccccc1)c1ccccc1)NN=C(c1ccccc1)c1ccccc1. The molecule has 0 spiro atoms. The summed E-state index contributed by atoms with van der Waals surface area (Å²) < 4.78 is 0. The van der Waals surface area contributed by atoms with Gasteiger partial charge in [-0.05, 0) is 43.3 Å². The van der Waals surface area contributed by atoms with Crippen LogP contribution < -0.4 is 21.3 Å². The molecular formula is C34H30N2P+. The van der Waals surface area contributed by atoms with E-state index in [1.54, 1.807) is 0 Å². The fourth-order valence-electron chi connectivity index (χ4n) is 4.61. The second-order valence-corrected chi connectivity index (χ2v) is 12.1. The van der Waals surface area contributed by atoms with Crippen molar-refractivity contribution in [2.24, 2.45) is 5.10 Å². The van der Waals surface area contributed by atoms with E-state index in [4.69, 9.17) is 5.10 Å². The average molecular weight is 498 g/mol. The molecule has 0 saturated heterocycles. The Hall–Kier alpha value is -4.26. The standard InChI is InChI=1S/C34H30N2P/c1-28(35-36-34(29-17-7-2-8-18-29)30-19-9-3-10-20-30)27-37(31-21-11-4-12-22-31,32-23-13-5-14-24-32)33-25-15-6-16-26-33/h2-27,35H,1H3/q+1. The summed E-state index contributed by atoms with van der Waals surface area (Å²) in [4.78, 5) is 0. The van der Waals surface area contributed by atoms with E-state index in [1.807, 2.05) is 36.4 Å². The predicted molar refractivity (Wildman–Crippen MR) is 161 cm³/mol. The normalized spacial score (nSPS) is 11.5. The maximum Gasteiger partial charge on any atom is 0.138 e. The van der Waals surface area contributed by atoms with Crippen LogP contribution in [0.2, 0.25) is 0 Å². The van der Waals surface area contributed by atoms with Gasteiger partial charge in [0.2, 0.25) is 0 Å². The zero-order chi connectivity index (χ0) is 25.3. The van der Waals surface area contributed by atoms with Gasteiger partial charge < -0.3 is 0 Å². The summed E-state index contributed by atoms with van der Waals surface area (Å²) in [5.41, 5.74) is 7.49. The van der Waals surface area contributed by atoms with Gasteiger partial charge in [0.15, 0.2) is 0 Å². The second-order valence-electron chi connectivity index (χ2n) is 8.85. The number of benzene rings is 5. The third-order valence-electron chi connectivity index (χ3n) is 6.32. The van der Waals surface area contributed by atoms with Crippen LogP contribution in [0.4, 0.5) is 0 Å². The Balaban J connectivity index is 1.65. The highest BCUT2D eigenvalue weighted by molar-refractivity contribution is 7.98. The first-order valence-corrected chi connectivity index (χ1v) is 14.3. The Bertz CT molecular complexity index is 1330. The van der Waals surface area contributed by atoms with Crippen LogP contribution in [0.5, 0.6) is 0 Å². The number of nitrogens with zero attached hydrogens (tertiary/aromatic N) is 1. The van der Waals surface area contributed by atoms with Crippen LogP contribution in [0, 0.1) is 0 Å². The number of hydrogen-bond donors (Lipinski definition) is 1. The Morgan fingerprint density at radius 3 is 1.19 bits per heavy atom. The predicted octanol–water partition coefficient (Wildman–Crippen LogP) is 6.88. The Morgan fingerprint density at radius 2 is 0.838 bits per heavy atom.